The van der Waals surface area contributed by atoms with Gasteiger partial charge in [0.25, 0.3) is 15.0 Å². The summed E-state index contributed by atoms with van der Waals surface area (Å²) in [6, 6.07) is 1.89. The summed E-state index contributed by atoms with van der Waals surface area (Å²) in [5.74, 6) is -1.31. The molecule has 0 aliphatic heterocycles. The Bertz CT molecular complexity index is 629. The number of rotatable bonds is 4. The predicted octanol–water partition coefficient (Wildman–Crippen LogP) is 2.93. The molecule has 0 aliphatic rings. The fraction of sp³-hybridized carbons (Fsp3) is 0.462. The molecule has 0 atom stereocenters. The van der Waals surface area contributed by atoms with Crippen molar-refractivity contribution in [2.24, 2.45) is 0 Å². The Morgan fingerprint density at radius 3 is 2.35 bits per heavy atom. The van der Waals surface area contributed by atoms with Gasteiger partial charge in [0.15, 0.2) is 0 Å². The molecule has 0 radical (unpaired) electrons. The molecule has 0 N–H and O–H groups in total. The van der Waals surface area contributed by atoms with E-state index in [1.54, 1.807) is 20.8 Å². The van der Waals surface area contributed by atoms with Crippen LogP contribution >= 0.6 is 10.7 Å². The molecule has 1 rings (SSSR count). The molecule has 0 heterocycles. The number of carbonyl (C=O) groups is 1. The minimum atomic E-state index is -4.02. The van der Waals surface area contributed by atoms with Crippen LogP contribution in [0, 0.1) is 12.7 Å². The summed E-state index contributed by atoms with van der Waals surface area (Å²) < 4.78 is 36.8. The highest BCUT2D eigenvalue weighted by Crippen LogP contribution is 2.24. The third-order valence-electron chi connectivity index (χ3n) is 2.98. The molecular weight excluding hydrogens is 305 g/mol. The summed E-state index contributed by atoms with van der Waals surface area (Å²) >= 11 is 0. The number of hydrogen-bond acceptors (Lipinski definition) is 3. The number of benzene rings is 1. The second-order valence-corrected chi connectivity index (χ2v) is 7.25. The van der Waals surface area contributed by atoms with Crippen molar-refractivity contribution in [3.63, 3.8) is 0 Å². The van der Waals surface area contributed by atoms with Crippen molar-refractivity contribution in [2.45, 2.75) is 38.6 Å². The van der Waals surface area contributed by atoms with Gasteiger partial charge in [0.05, 0.1) is 10.5 Å². The first-order valence-corrected chi connectivity index (χ1v) is 8.46. The number of nitrogens with zero attached hydrogens (tertiary/aromatic N) is 1. The molecular formula is C13H17ClFNO3S. The van der Waals surface area contributed by atoms with E-state index in [1.165, 1.54) is 11.8 Å². The standard InChI is InChI=1S/C13H17ClFNO3S/c1-5-16(8(2)3)13(17)10-7-12(20(14,18)19)9(4)6-11(10)15/h6-8H,5H2,1-4H3. The van der Waals surface area contributed by atoms with Gasteiger partial charge in [-0.3, -0.25) is 4.79 Å². The van der Waals surface area contributed by atoms with Crippen LogP contribution in [-0.2, 0) is 9.05 Å². The summed E-state index contributed by atoms with van der Waals surface area (Å²) in [4.78, 5) is 13.5. The first-order chi connectivity index (χ1) is 9.09. The van der Waals surface area contributed by atoms with Gasteiger partial charge in [-0.1, -0.05) is 0 Å². The van der Waals surface area contributed by atoms with Gasteiger partial charge >= 0.3 is 0 Å². The topological polar surface area (TPSA) is 54.5 Å². The highest BCUT2D eigenvalue weighted by molar-refractivity contribution is 8.13. The maximum Gasteiger partial charge on any atom is 0.261 e. The van der Waals surface area contributed by atoms with Gasteiger partial charge in [-0.2, -0.15) is 0 Å². The normalized spacial score (nSPS) is 11.8. The zero-order valence-electron chi connectivity index (χ0n) is 11.8. The SMILES string of the molecule is CCN(C(=O)c1cc(S(=O)(=O)Cl)c(C)cc1F)C(C)C. The first-order valence-electron chi connectivity index (χ1n) is 6.15. The molecule has 1 aromatic rings. The van der Waals surface area contributed by atoms with Crippen LogP contribution < -0.4 is 0 Å². The Morgan fingerprint density at radius 1 is 1.40 bits per heavy atom. The monoisotopic (exact) mass is 321 g/mol. The Kier molecular flexibility index (Phi) is 5.15. The van der Waals surface area contributed by atoms with Gasteiger partial charge in [-0.05, 0) is 45.4 Å². The molecule has 20 heavy (non-hydrogen) atoms. The minimum absolute atomic E-state index is 0.121. The quantitative estimate of drug-likeness (QED) is 0.801. The van der Waals surface area contributed by atoms with Crippen molar-refractivity contribution in [1.29, 1.82) is 0 Å². The van der Waals surface area contributed by atoms with Crippen molar-refractivity contribution in [2.75, 3.05) is 6.54 Å². The van der Waals surface area contributed by atoms with Crippen molar-refractivity contribution < 1.29 is 17.6 Å². The summed E-state index contributed by atoms with van der Waals surface area (Å²) in [5.41, 5.74) is -0.118. The van der Waals surface area contributed by atoms with E-state index in [-0.39, 0.29) is 22.1 Å². The highest BCUT2D eigenvalue weighted by Gasteiger charge is 2.24. The smallest absolute Gasteiger partial charge is 0.261 e. The molecule has 0 aliphatic carbocycles. The zero-order chi connectivity index (χ0) is 15.7. The Morgan fingerprint density at radius 2 is 1.95 bits per heavy atom. The second kappa shape index (κ2) is 6.10. The van der Waals surface area contributed by atoms with Gasteiger partial charge in [0, 0.05) is 23.3 Å². The Labute approximate surface area is 123 Å². The lowest BCUT2D eigenvalue weighted by molar-refractivity contribution is 0.0712. The number of hydrogen-bond donors (Lipinski definition) is 0. The average Bonchev–Trinajstić information content (AvgIpc) is 2.27. The van der Waals surface area contributed by atoms with Crippen molar-refractivity contribution in [3.8, 4) is 0 Å². The molecule has 0 aromatic heterocycles. The van der Waals surface area contributed by atoms with Gasteiger partial charge in [0.2, 0.25) is 0 Å². The molecule has 1 aromatic carbocycles. The van der Waals surface area contributed by atoms with E-state index in [9.17, 15) is 17.6 Å². The van der Waals surface area contributed by atoms with Crippen LogP contribution in [0.5, 0.6) is 0 Å². The van der Waals surface area contributed by atoms with Crippen LogP contribution in [0.15, 0.2) is 17.0 Å². The molecule has 112 valence electrons. The molecule has 0 saturated carbocycles. The average molecular weight is 322 g/mol. The maximum absolute atomic E-state index is 13.9. The van der Waals surface area contributed by atoms with Crippen LogP contribution in [-0.4, -0.2) is 31.8 Å². The number of carbonyl (C=O) groups excluding carboxylic acids is 1. The lowest BCUT2D eigenvalue weighted by Gasteiger charge is -2.25. The fourth-order valence-corrected chi connectivity index (χ4v) is 3.18. The third-order valence-corrected chi connectivity index (χ3v) is 4.45. The lowest BCUT2D eigenvalue weighted by Crippen LogP contribution is -2.37. The largest absolute Gasteiger partial charge is 0.336 e. The molecule has 0 bridgehead atoms. The second-order valence-electron chi connectivity index (χ2n) is 4.72. The van der Waals surface area contributed by atoms with E-state index >= 15 is 0 Å². The van der Waals surface area contributed by atoms with Crippen LogP contribution in [0.3, 0.4) is 0 Å². The van der Waals surface area contributed by atoms with Gasteiger partial charge in [0.1, 0.15) is 5.82 Å². The summed E-state index contributed by atoms with van der Waals surface area (Å²) in [6.07, 6.45) is 0. The zero-order valence-corrected chi connectivity index (χ0v) is 13.3. The van der Waals surface area contributed by atoms with E-state index in [2.05, 4.69) is 0 Å². The number of aryl methyl sites for hydroxylation is 1. The molecule has 0 spiro atoms. The van der Waals surface area contributed by atoms with Crippen molar-refractivity contribution in [3.05, 3.63) is 29.1 Å². The maximum atomic E-state index is 13.9. The molecule has 0 fully saturated rings. The minimum Gasteiger partial charge on any atom is -0.336 e. The van der Waals surface area contributed by atoms with Gasteiger partial charge in [-0.15, -0.1) is 0 Å². The number of halogens is 2. The van der Waals surface area contributed by atoms with E-state index in [0.717, 1.165) is 12.1 Å². The number of amides is 1. The summed E-state index contributed by atoms with van der Waals surface area (Å²) in [5, 5.41) is 0. The Balaban J connectivity index is 3.43. The van der Waals surface area contributed by atoms with Crippen LogP contribution in [0.4, 0.5) is 4.39 Å². The van der Waals surface area contributed by atoms with Crippen molar-refractivity contribution in [1.82, 2.24) is 4.90 Å². The molecule has 7 heteroatoms. The molecule has 0 saturated heterocycles. The molecule has 4 nitrogen and oxygen atoms in total. The molecule has 0 unspecified atom stereocenters. The van der Waals surface area contributed by atoms with Gasteiger partial charge < -0.3 is 4.90 Å². The third kappa shape index (κ3) is 3.49. The van der Waals surface area contributed by atoms with E-state index in [0.29, 0.717) is 6.54 Å². The fourth-order valence-electron chi connectivity index (χ4n) is 1.98. The van der Waals surface area contributed by atoms with Crippen LogP contribution in [0.2, 0.25) is 0 Å². The van der Waals surface area contributed by atoms with E-state index in [1.807, 2.05) is 0 Å². The summed E-state index contributed by atoms with van der Waals surface area (Å²) in [7, 11) is 1.27. The van der Waals surface area contributed by atoms with E-state index < -0.39 is 20.8 Å². The summed E-state index contributed by atoms with van der Waals surface area (Å²) in [6.45, 7) is 7.18. The van der Waals surface area contributed by atoms with Crippen LogP contribution in [0.25, 0.3) is 0 Å². The van der Waals surface area contributed by atoms with Crippen LogP contribution in [0.1, 0.15) is 36.7 Å². The highest BCUT2D eigenvalue weighted by atomic mass is 35.7. The predicted molar refractivity (Wildman–Crippen MR) is 76.0 cm³/mol. The van der Waals surface area contributed by atoms with Gasteiger partial charge in [-0.25, -0.2) is 12.8 Å². The van der Waals surface area contributed by atoms with Crippen molar-refractivity contribution >= 4 is 25.6 Å². The first kappa shape index (κ1) is 16.9. The lowest BCUT2D eigenvalue weighted by atomic mass is 10.1. The molecule has 1 amide bonds. The van der Waals surface area contributed by atoms with E-state index in [4.69, 9.17) is 10.7 Å². The Hall–Kier alpha value is -1.14.